The number of rotatable bonds is 5. The van der Waals surface area contributed by atoms with Crippen LogP contribution < -0.4 is 5.73 Å². The first-order valence-corrected chi connectivity index (χ1v) is 6.51. The lowest BCUT2D eigenvalue weighted by molar-refractivity contribution is -0.148. The number of thioether (sulfide) groups is 1. The maximum absolute atomic E-state index is 11.5. The quantitative estimate of drug-likeness (QED) is 0.806. The van der Waals surface area contributed by atoms with E-state index in [0.29, 0.717) is 25.8 Å². The first-order valence-electron chi connectivity index (χ1n) is 5.63. The number of nitrogens with two attached hydrogens (primary N) is 1. The standard InChI is InChI=1S/C11H19NO3S.ClH/c1-8(13)16-9-4-2-5-11(9,10(14)15)6-3-7-12;/h9H,2-7,12H2,1H3,(H,14,15);1H/t9-,11-;/m0./s1. The van der Waals surface area contributed by atoms with Gasteiger partial charge in [-0.2, -0.15) is 0 Å². The second-order valence-electron chi connectivity index (χ2n) is 4.34. The lowest BCUT2D eigenvalue weighted by Gasteiger charge is -2.30. The normalized spacial score (nSPS) is 27.5. The molecule has 1 aliphatic carbocycles. The van der Waals surface area contributed by atoms with Crippen LogP contribution in [0.15, 0.2) is 0 Å². The molecule has 0 unspecified atom stereocenters. The highest BCUT2D eigenvalue weighted by molar-refractivity contribution is 8.14. The molecule has 1 rings (SSSR count). The van der Waals surface area contributed by atoms with Crippen LogP contribution >= 0.6 is 24.2 Å². The van der Waals surface area contributed by atoms with Crippen LogP contribution in [-0.2, 0) is 9.59 Å². The van der Waals surface area contributed by atoms with Gasteiger partial charge in [0, 0.05) is 12.2 Å². The van der Waals surface area contributed by atoms with Gasteiger partial charge in [-0.3, -0.25) is 9.59 Å². The topological polar surface area (TPSA) is 80.4 Å². The van der Waals surface area contributed by atoms with Crippen LogP contribution in [0.25, 0.3) is 0 Å². The van der Waals surface area contributed by atoms with Crippen molar-refractivity contribution in [3.8, 4) is 0 Å². The predicted molar refractivity (Wildman–Crippen MR) is 71.5 cm³/mol. The fourth-order valence-corrected chi connectivity index (χ4v) is 3.71. The van der Waals surface area contributed by atoms with Gasteiger partial charge in [-0.05, 0) is 32.2 Å². The van der Waals surface area contributed by atoms with Crippen molar-refractivity contribution >= 4 is 35.3 Å². The Morgan fingerprint density at radius 2 is 2.18 bits per heavy atom. The van der Waals surface area contributed by atoms with E-state index in [0.717, 1.165) is 12.8 Å². The third kappa shape index (κ3) is 3.86. The molecule has 0 aromatic heterocycles. The van der Waals surface area contributed by atoms with Crippen LogP contribution in [0.5, 0.6) is 0 Å². The zero-order chi connectivity index (χ0) is 12.2. The van der Waals surface area contributed by atoms with Crippen LogP contribution in [-0.4, -0.2) is 28.0 Å². The highest BCUT2D eigenvalue weighted by Crippen LogP contribution is 2.48. The first kappa shape index (κ1) is 16.7. The number of aliphatic carboxylic acids is 1. The molecule has 0 spiro atoms. The lowest BCUT2D eigenvalue weighted by Crippen LogP contribution is -2.37. The van der Waals surface area contributed by atoms with E-state index in [2.05, 4.69) is 0 Å². The Kier molecular flexibility index (Phi) is 7.13. The molecule has 1 saturated carbocycles. The first-order chi connectivity index (χ1) is 7.53. The Balaban J connectivity index is 0.00000256. The number of hydrogen-bond acceptors (Lipinski definition) is 4. The molecule has 2 atom stereocenters. The number of hydrogen-bond donors (Lipinski definition) is 2. The van der Waals surface area contributed by atoms with Gasteiger partial charge in [-0.25, -0.2) is 0 Å². The molecule has 0 amide bonds. The smallest absolute Gasteiger partial charge is 0.310 e. The summed E-state index contributed by atoms with van der Waals surface area (Å²) in [7, 11) is 0. The van der Waals surface area contributed by atoms with E-state index in [9.17, 15) is 14.7 Å². The fourth-order valence-electron chi connectivity index (χ4n) is 2.47. The molecule has 0 aromatic carbocycles. The van der Waals surface area contributed by atoms with Crippen molar-refractivity contribution in [1.29, 1.82) is 0 Å². The van der Waals surface area contributed by atoms with Gasteiger partial charge >= 0.3 is 5.97 Å². The van der Waals surface area contributed by atoms with Crippen molar-refractivity contribution in [1.82, 2.24) is 0 Å². The van der Waals surface area contributed by atoms with E-state index in [1.165, 1.54) is 18.7 Å². The third-order valence-corrected chi connectivity index (χ3v) is 4.57. The van der Waals surface area contributed by atoms with Crippen LogP contribution in [0.4, 0.5) is 0 Å². The van der Waals surface area contributed by atoms with E-state index in [4.69, 9.17) is 5.73 Å². The second kappa shape index (κ2) is 7.24. The minimum absolute atomic E-state index is 0. The van der Waals surface area contributed by atoms with Gasteiger partial charge in [0.25, 0.3) is 0 Å². The average Bonchev–Trinajstić information content (AvgIpc) is 2.58. The average molecular weight is 282 g/mol. The Hall–Kier alpha value is -0.260. The van der Waals surface area contributed by atoms with E-state index < -0.39 is 11.4 Å². The van der Waals surface area contributed by atoms with Gasteiger partial charge in [0.2, 0.25) is 0 Å². The molecule has 0 radical (unpaired) electrons. The highest BCUT2D eigenvalue weighted by atomic mass is 35.5. The molecule has 100 valence electrons. The summed E-state index contributed by atoms with van der Waals surface area (Å²) in [6.07, 6.45) is 3.68. The molecular formula is C11H20ClNO3S. The molecule has 0 aromatic rings. The number of halogens is 1. The maximum Gasteiger partial charge on any atom is 0.310 e. The minimum Gasteiger partial charge on any atom is -0.481 e. The molecule has 1 fully saturated rings. The van der Waals surface area contributed by atoms with Crippen LogP contribution in [0, 0.1) is 5.41 Å². The van der Waals surface area contributed by atoms with Crippen molar-refractivity contribution < 1.29 is 14.7 Å². The summed E-state index contributed by atoms with van der Waals surface area (Å²) in [5, 5.41) is 9.34. The maximum atomic E-state index is 11.5. The van der Waals surface area contributed by atoms with Gasteiger partial charge in [-0.15, -0.1) is 12.4 Å². The lowest BCUT2D eigenvalue weighted by atomic mass is 9.81. The summed E-state index contributed by atoms with van der Waals surface area (Å²) >= 11 is 1.19. The number of carboxylic acids is 1. The molecule has 6 heteroatoms. The predicted octanol–water partition coefficient (Wildman–Crippen LogP) is 2.05. The van der Waals surface area contributed by atoms with Gasteiger partial charge in [0.15, 0.2) is 5.12 Å². The van der Waals surface area contributed by atoms with Gasteiger partial charge in [0.1, 0.15) is 0 Å². The monoisotopic (exact) mass is 281 g/mol. The Morgan fingerprint density at radius 1 is 1.53 bits per heavy atom. The van der Waals surface area contributed by atoms with Crippen molar-refractivity contribution in [2.45, 2.75) is 44.3 Å². The second-order valence-corrected chi connectivity index (χ2v) is 5.72. The number of carboxylic acid groups (broad SMARTS) is 1. The zero-order valence-corrected chi connectivity index (χ0v) is 11.6. The summed E-state index contributed by atoms with van der Waals surface area (Å²) in [6, 6.07) is 0. The van der Waals surface area contributed by atoms with Crippen LogP contribution in [0.3, 0.4) is 0 Å². The minimum atomic E-state index is -0.766. The summed E-state index contributed by atoms with van der Waals surface area (Å²) in [5.74, 6) is -0.766. The van der Waals surface area contributed by atoms with Crippen molar-refractivity contribution in [3.63, 3.8) is 0 Å². The summed E-state index contributed by atoms with van der Waals surface area (Å²) < 4.78 is 0. The molecule has 0 saturated heterocycles. The van der Waals surface area contributed by atoms with Gasteiger partial charge in [0.05, 0.1) is 5.41 Å². The SMILES string of the molecule is CC(=O)S[C@H]1CCC[C@@]1(CCCN)C(=O)O.Cl. The van der Waals surface area contributed by atoms with Gasteiger partial charge < -0.3 is 10.8 Å². The summed E-state index contributed by atoms with van der Waals surface area (Å²) in [4.78, 5) is 22.6. The Morgan fingerprint density at radius 3 is 2.65 bits per heavy atom. The molecule has 17 heavy (non-hydrogen) atoms. The molecule has 0 aliphatic heterocycles. The molecule has 0 bridgehead atoms. The largest absolute Gasteiger partial charge is 0.481 e. The number of carbonyl (C=O) groups is 2. The molecular weight excluding hydrogens is 262 g/mol. The fraction of sp³-hybridized carbons (Fsp3) is 0.818. The molecule has 1 aliphatic rings. The highest BCUT2D eigenvalue weighted by Gasteiger charge is 2.49. The van der Waals surface area contributed by atoms with Crippen LogP contribution in [0.2, 0.25) is 0 Å². The van der Waals surface area contributed by atoms with Crippen molar-refractivity contribution in [2.24, 2.45) is 11.1 Å². The van der Waals surface area contributed by atoms with E-state index in [-0.39, 0.29) is 22.8 Å². The van der Waals surface area contributed by atoms with Gasteiger partial charge in [-0.1, -0.05) is 18.2 Å². The van der Waals surface area contributed by atoms with E-state index >= 15 is 0 Å². The Bertz CT molecular complexity index is 288. The van der Waals surface area contributed by atoms with Crippen LogP contribution in [0.1, 0.15) is 39.0 Å². The van der Waals surface area contributed by atoms with Crippen molar-refractivity contribution in [2.75, 3.05) is 6.54 Å². The Labute approximate surface area is 112 Å². The third-order valence-electron chi connectivity index (χ3n) is 3.27. The summed E-state index contributed by atoms with van der Waals surface area (Å²) in [5.41, 5.74) is 4.72. The zero-order valence-electron chi connectivity index (χ0n) is 9.98. The molecule has 4 nitrogen and oxygen atoms in total. The molecule has 3 N–H and O–H groups in total. The number of carbonyl (C=O) groups excluding carboxylic acids is 1. The van der Waals surface area contributed by atoms with E-state index in [1.54, 1.807) is 0 Å². The van der Waals surface area contributed by atoms with E-state index in [1.807, 2.05) is 0 Å². The summed E-state index contributed by atoms with van der Waals surface area (Å²) in [6.45, 7) is 2.00. The van der Waals surface area contributed by atoms with Crippen molar-refractivity contribution in [3.05, 3.63) is 0 Å². The molecule has 0 heterocycles.